The number of nitrogens with zero attached hydrogens (tertiary/aromatic N) is 2. The summed E-state index contributed by atoms with van der Waals surface area (Å²) in [7, 11) is 0. The van der Waals surface area contributed by atoms with E-state index in [2.05, 4.69) is 47.9 Å². The molecule has 0 radical (unpaired) electrons. The third kappa shape index (κ3) is 2.28. The van der Waals surface area contributed by atoms with Gasteiger partial charge in [-0.2, -0.15) is 0 Å². The first-order valence-corrected chi connectivity index (χ1v) is 9.28. The topological polar surface area (TPSA) is 23.3 Å². The molecule has 2 heterocycles. The average Bonchev–Trinajstić information content (AvgIpc) is 3.03. The van der Waals surface area contributed by atoms with Crippen LogP contribution in [0.3, 0.4) is 0 Å². The summed E-state index contributed by atoms with van der Waals surface area (Å²) in [5, 5.41) is 0. The maximum absolute atomic E-state index is 13.3. The minimum atomic E-state index is -0.202. The van der Waals surface area contributed by atoms with Gasteiger partial charge < -0.3 is 9.80 Å². The number of likely N-dealkylation sites (tertiary alicyclic amines) is 1. The quantitative estimate of drug-likeness (QED) is 0.795. The Balaban J connectivity index is 1.50. The van der Waals surface area contributed by atoms with Gasteiger partial charge in [0.1, 0.15) is 5.54 Å². The second kappa shape index (κ2) is 5.54. The average molecular weight is 312 g/mol. The summed E-state index contributed by atoms with van der Waals surface area (Å²) in [6, 6.07) is 11.0. The van der Waals surface area contributed by atoms with Gasteiger partial charge in [-0.25, -0.2) is 0 Å². The molecular weight excluding hydrogens is 284 g/mol. The van der Waals surface area contributed by atoms with Crippen molar-refractivity contribution in [1.82, 2.24) is 4.90 Å². The van der Waals surface area contributed by atoms with E-state index in [1.165, 1.54) is 31.4 Å². The van der Waals surface area contributed by atoms with Crippen LogP contribution >= 0.6 is 0 Å². The number of fused-ring (bicyclic) bond motifs is 1. The molecule has 2 atom stereocenters. The molecule has 4 rings (SSSR count). The lowest BCUT2D eigenvalue weighted by molar-refractivity contribution is -0.135. The van der Waals surface area contributed by atoms with Crippen molar-refractivity contribution in [3.05, 3.63) is 30.3 Å². The number of hydrogen-bond donors (Lipinski definition) is 0. The Bertz CT molecular complexity index is 577. The van der Waals surface area contributed by atoms with Crippen LogP contribution in [0.2, 0.25) is 0 Å². The Hall–Kier alpha value is -1.51. The summed E-state index contributed by atoms with van der Waals surface area (Å²) in [6.45, 7) is 6.54. The smallest absolute Gasteiger partial charge is 0.250 e. The van der Waals surface area contributed by atoms with E-state index in [-0.39, 0.29) is 5.54 Å². The normalized spacial score (nSPS) is 30.7. The van der Waals surface area contributed by atoms with Crippen molar-refractivity contribution in [2.24, 2.45) is 11.8 Å². The van der Waals surface area contributed by atoms with Gasteiger partial charge in [0.2, 0.25) is 0 Å². The van der Waals surface area contributed by atoms with E-state index in [4.69, 9.17) is 0 Å². The molecular formula is C20H28N2O. The Labute approximate surface area is 139 Å². The number of rotatable bonds is 3. The number of carbonyl (C=O) groups excluding carboxylic acids is 1. The molecule has 3 nitrogen and oxygen atoms in total. The van der Waals surface area contributed by atoms with Crippen LogP contribution in [0.5, 0.6) is 0 Å². The maximum Gasteiger partial charge on any atom is 0.250 e. The van der Waals surface area contributed by atoms with Gasteiger partial charge in [-0.05, 0) is 56.1 Å². The monoisotopic (exact) mass is 312 g/mol. The van der Waals surface area contributed by atoms with Gasteiger partial charge in [0, 0.05) is 18.8 Å². The highest BCUT2D eigenvalue weighted by Crippen LogP contribution is 2.56. The van der Waals surface area contributed by atoms with Gasteiger partial charge in [0.25, 0.3) is 5.91 Å². The fourth-order valence-corrected chi connectivity index (χ4v) is 5.01. The van der Waals surface area contributed by atoms with Gasteiger partial charge in [-0.1, -0.05) is 32.0 Å². The van der Waals surface area contributed by atoms with Crippen molar-refractivity contribution in [2.75, 3.05) is 18.0 Å². The molecule has 2 saturated heterocycles. The number of amides is 1. The summed E-state index contributed by atoms with van der Waals surface area (Å²) in [6.07, 6.45) is 5.76. The van der Waals surface area contributed by atoms with Crippen molar-refractivity contribution in [2.45, 2.75) is 57.5 Å². The third-order valence-electron chi connectivity index (χ3n) is 6.43. The molecule has 124 valence electrons. The molecule has 0 aromatic heterocycles. The van der Waals surface area contributed by atoms with Crippen LogP contribution in [-0.4, -0.2) is 35.5 Å². The van der Waals surface area contributed by atoms with Crippen molar-refractivity contribution < 1.29 is 4.79 Å². The predicted octanol–water partition coefficient (Wildman–Crippen LogP) is 3.69. The van der Waals surface area contributed by atoms with Crippen LogP contribution in [0.4, 0.5) is 5.69 Å². The maximum atomic E-state index is 13.3. The molecule has 1 aromatic carbocycles. The molecule has 3 fully saturated rings. The van der Waals surface area contributed by atoms with Gasteiger partial charge in [-0.15, -0.1) is 0 Å². The highest BCUT2D eigenvalue weighted by Gasteiger charge is 2.70. The first-order chi connectivity index (χ1) is 11.1. The van der Waals surface area contributed by atoms with E-state index >= 15 is 0 Å². The summed E-state index contributed by atoms with van der Waals surface area (Å²) < 4.78 is 0. The molecule has 1 aromatic rings. The van der Waals surface area contributed by atoms with E-state index in [1.54, 1.807) is 0 Å². The van der Waals surface area contributed by atoms with Crippen molar-refractivity contribution in [3.63, 3.8) is 0 Å². The second-order valence-corrected chi connectivity index (χ2v) is 7.91. The van der Waals surface area contributed by atoms with Crippen molar-refractivity contribution in [3.8, 4) is 0 Å². The molecule has 0 N–H and O–H groups in total. The van der Waals surface area contributed by atoms with E-state index in [1.807, 2.05) is 6.07 Å². The van der Waals surface area contributed by atoms with Gasteiger partial charge in [0.05, 0.1) is 6.04 Å². The minimum absolute atomic E-state index is 0.202. The lowest BCUT2D eigenvalue weighted by atomic mass is 9.86. The highest BCUT2D eigenvalue weighted by atomic mass is 16.2. The van der Waals surface area contributed by atoms with E-state index in [0.29, 0.717) is 11.9 Å². The summed E-state index contributed by atoms with van der Waals surface area (Å²) in [5.41, 5.74) is 1.02. The lowest BCUT2D eigenvalue weighted by Crippen LogP contribution is -2.47. The fourth-order valence-electron chi connectivity index (χ4n) is 5.01. The molecule has 2 unspecified atom stereocenters. The van der Waals surface area contributed by atoms with Crippen LogP contribution in [-0.2, 0) is 4.79 Å². The zero-order valence-corrected chi connectivity index (χ0v) is 14.4. The summed E-state index contributed by atoms with van der Waals surface area (Å²) in [4.78, 5) is 17.9. The second-order valence-electron chi connectivity index (χ2n) is 7.91. The van der Waals surface area contributed by atoms with E-state index in [9.17, 15) is 4.79 Å². The Kier molecular flexibility index (Phi) is 3.62. The Morgan fingerprint density at radius 2 is 1.83 bits per heavy atom. The standard InChI is InChI=1S/C20H28N2O/c1-15(2)16-10-13-21(14-11-16)19(23)20-12-6-9-18(20)22(20)17-7-4-3-5-8-17/h3-5,7-8,15-16,18H,6,9-14H2,1-2H3. The highest BCUT2D eigenvalue weighted by molar-refractivity contribution is 5.98. The molecule has 2 aliphatic heterocycles. The molecule has 1 aliphatic carbocycles. The summed E-state index contributed by atoms with van der Waals surface area (Å²) in [5.74, 6) is 1.94. The molecule has 1 amide bonds. The van der Waals surface area contributed by atoms with Crippen LogP contribution in [0.15, 0.2) is 30.3 Å². The molecule has 1 saturated carbocycles. The van der Waals surface area contributed by atoms with E-state index < -0.39 is 0 Å². The molecule has 23 heavy (non-hydrogen) atoms. The molecule has 3 heteroatoms. The number of anilines is 1. The largest absolute Gasteiger partial charge is 0.349 e. The number of benzene rings is 1. The fraction of sp³-hybridized carbons (Fsp3) is 0.650. The van der Waals surface area contributed by atoms with E-state index in [0.717, 1.165) is 31.3 Å². The van der Waals surface area contributed by atoms with Crippen LogP contribution in [0.25, 0.3) is 0 Å². The molecule has 3 aliphatic rings. The zero-order chi connectivity index (χ0) is 16.0. The number of hydrogen-bond acceptors (Lipinski definition) is 2. The van der Waals surface area contributed by atoms with Gasteiger partial charge >= 0.3 is 0 Å². The molecule has 0 bridgehead atoms. The van der Waals surface area contributed by atoms with Gasteiger partial charge in [-0.3, -0.25) is 4.79 Å². The number of para-hydroxylation sites is 1. The minimum Gasteiger partial charge on any atom is -0.349 e. The first kappa shape index (κ1) is 15.0. The number of piperidine rings is 2. The SMILES string of the molecule is CC(C)C1CCN(C(=O)C23CCCC2N3c2ccccc2)CC1. The predicted molar refractivity (Wildman–Crippen MR) is 93.4 cm³/mol. The van der Waals surface area contributed by atoms with Crippen LogP contribution in [0.1, 0.15) is 46.0 Å². The molecule has 0 spiro atoms. The Morgan fingerprint density at radius 3 is 2.48 bits per heavy atom. The Morgan fingerprint density at radius 1 is 1.13 bits per heavy atom. The zero-order valence-electron chi connectivity index (χ0n) is 14.4. The van der Waals surface area contributed by atoms with Crippen LogP contribution < -0.4 is 4.90 Å². The first-order valence-electron chi connectivity index (χ1n) is 9.28. The third-order valence-corrected chi connectivity index (χ3v) is 6.43. The van der Waals surface area contributed by atoms with Crippen LogP contribution in [0, 0.1) is 11.8 Å². The lowest BCUT2D eigenvalue weighted by Gasteiger charge is -2.35. The van der Waals surface area contributed by atoms with Crippen molar-refractivity contribution >= 4 is 11.6 Å². The van der Waals surface area contributed by atoms with Crippen molar-refractivity contribution in [1.29, 1.82) is 0 Å². The van der Waals surface area contributed by atoms with Gasteiger partial charge in [0.15, 0.2) is 0 Å². The summed E-state index contributed by atoms with van der Waals surface area (Å²) >= 11 is 0. The number of carbonyl (C=O) groups is 1.